The molecule has 0 aliphatic carbocycles. The van der Waals surface area contributed by atoms with E-state index in [2.05, 4.69) is 22.6 Å². The van der Waals surface area contributed by atoms with Crippen molar-refractivity contribution in [2.75, 3.05) is 0 Å². The maximum Gasteiger partial charge on any atom is 0.277 e. The number of fused-ring (bicyclic) bond motifs is 1. The van der Waals surface area contributed by atoms with Gasteiger partial charge in [-0.1, -0.05) is 24.3 Å². The van der Waals surface area contributed by atoms with Gasteiger partial charge in [-0.2, -0.15) is 0 Å². The topological polar surface area (TPSA) is 83.6 Å². The van der Waals surface area contributed by atoms with Crippen molar-refractivity contribution in [2.24, 2.45) is 5.73 Å². The number of halogens is 1. The number of hydrogen-bond donors (Lipinski definition) is 2. The molecule has 2 amide bonds. The minimum atomic E-state index is -0.499. The van der Waals surface area contributed by atoms with Gasteiger partial charge >= 0.3 is 0 Å². The van der Waals surface area contributed by atoms with Gasteiger partial charge in [-0.15, -0.1) is 0 Å². The number of carbonyl (C=O) groups is 2. The maximum atomic E-state index is 12.5. The molecular formula is C19H15IN2O3. The Morgan fingerprint density at radius 1 is 0.960 bits per heavy atom. The van der Waals surface area contributed by atoms with E-state index in [1.165, 1.54) is 0 Å². The Kier molecular flexibility index (Phi) is 5.00. The molecule has 5 nitrogen and oxygen atoms in total. The summed E-state index contributed by atoms with van der Waals surface area (Å²) in [6.45, 7) is 0.105. The Hall–Kier alpha value is -2.45. The number of amides is 2. The van der Waals surface area contributed by atoms with Gasteiger partial charge < -0.3 is 5.73 Å². The zero-order valence-corrected chi connectivity index (χ0v) is 15.3. The molecule has 3 aromatic carbocycles. The van der Waals surface area contributed by atoms with Crippen LogP contribution in [-0.2, 0) is 6.54 Å². The van der Waals surface area contributed by atoms with E-state index in [1.807, 2.05) is 24.3 Å². The predicted octanol–water partition coefficient (Wildman–Crippen LogP) is 3.57. The summed E-state index contributed by atoms with van der Waals surface area (Å²) in [4.78, 5) is 23.7. The van der Waals surface area contributed by atoms with E-state index in [0.717, 1.165) is 19.9 Å². The van der Waals surface area contributed by atoms with Crippen LogP contribution >= 0.6 is 22.6 Å². The number of hydrogen-bond acceptors (Lipinski definition) is 3. The van der Waals surface area contributed by atoms with Crippen molar-refractivity contribution in [2.45, 2.75) is 6.54 Å². The molecule has 3 rings (SSSR count). The molecule has 3 aromatic rings. The van der Waals surface area contributed by atoms with Crippen molar-refractivity contribution >= 4 is 45.2 Å². The highest BCUT2D eigenvalue weighted by Gasteiger charge is 2.15. The van der Waals surface area contributed by atoms with Gasteiger partial charge in [0.25, 0.3) is 5.91 Å². The molecule has 3 N–H and O–H groups in total. The predicted molar refractivity (Wildman–Crippen MR) is 103 cm³/mol. The summed E-state index contributed by atoms with van der Waals surface area (Å²) in [5.41, 5.74) is 6.89. The van der Waals surface area contributed by atoms with E-state index >= 15 is 0 Å². The highest BCUT2D eigenvalue weighted by atomic mass is 127. The molecule has 0 spiro atoms. The molecule has 0 saturated heterocycles. The first-order valence-electron chi connectivity index (χ1n) is 7.53. The molecule has 0 saturated carbocycles. The number of benzene rings is 3. The Labute approximate surface area is 158 Å². The van der Waals surface area contributed by atoms with Gasteiger partial charge in [-0.05, 0) is 75.3 Å². The van der Waals surface area contributed by atoms with E-state index in [9.17, 15) is 14.8 Å². The molecular weight excluding hydrogens is 431 g/mol. The molecule has 6 heteroatoms. The van der Waals surface area contributed by atoms with Crippen LogP contribution in [0.25, 0.3) is 10.8 Å². The molecule has 0 unspecified atom stereocenters. The fraction of sp³-hybridized carbons (Fsp3) is 0.0526. The average molecular weight is 446 g/mol. The Balaban J connectivity index is 1.83. The van der Waals surface area contributed by atoms with Crippen molar-refractivity contribution in [1.82, 2.24) is 5.06 Å². The van der Waals surface area contributed by atoms with Crippen LogP contribution in [0.1, 0.15) is 26.3 Å². The number of hydroxylamine groups is 2. The van der Waals surface area contributed by atoms with Gasteiger partial charge in [0.05, 0.1) is 6.54 Å². The summed E-state index contributed by atoms with van der Waals surface area (Å²) in [6.07, 6.45) is 0. The van der Waals surface area contributed by atoms with Crippen LogP contribution in [0.3, 0.4) is 0 Å². The summed E-state index contributed by atoms with van der Waals surface area (Å²) in [7, 11) is 0. The smallest absolute Gasteiger partial charge is 0.277 e. The maximum absolute atomic E-state index is 12.5. The fourth-order valence-corrected chi connectivity index (χ4v) is 3.17. The largest absolute Gasteiger partial charge is 0.366 e. The summed E-state index contributed by atoms with van der Waals surface area (Å²) >= 11 is 2.18. The van der Waals surface area contributed by atoms with Crippen LogP contribution in [0, 0.1) is 3.57 Å². The second-order valence-electron chi connectivity index (χ2n) is 5.63. The molecule has 0 heterocycles. The summed E-state index contributed by atoms with van der Waals surface area (Å²) < 4.78 is 1.03. The SMILES string of the molecule is NC(=O)c1ccc2cc(C(=O)N(O)Cc3cccc(I)c3)ccc2c1. The summed E-state index contributed by atoms with van der Waals surface area (Å²) in [6, 6.07) is 17.6. The van der Waals surface area contributed by atoms with Crippen molar-refractivity contribution in [3.8, 4) is 0 Å². The summed E-state index contributed by atoms with van der Waals surface area (Å²) in [5.74, 6) is -0.985. The van der Waals surface area contributed by atoms with Gasteiger partial charge in [0.2, 0.25) is 5.91 Å². The number of nitrogens with zero attached hydrogens (tertiary/aromatic N) is 1. The Morgan fingerprint density at radius 3 is 2.24 bits per heavy atom. The van der Waals surface area contributed by atoms with Gasteiger partial charge in [0.1, 0.15) is 0 Å². The monoisotopic (exact) mass is 446 g/mol. The zero-order chi connectivity index (χ0) is 18.0. The molecule has 0 radical (unpaired) electrons. The van der Waals surface area contributed by atoms with Crippen LogP contribution in [0.5, 0.6) is 0 Å². The summed E-state index contributed by atoms with van der Waals surface area (Å²) in [5, 5.41) is 12.4. The van der Waals surface area contributed by atoms with E-state index in [0.29, 0.717) is 16.2 Å². The first kappa shape index (κ1) is 17.4. The third kappa shape index (κ3) is 3.97. The van der Waals surface area contributed by atoms with Crippen molar-refractivity contribution in [1.29, 1.82) is 0 Å². The average Bonchev–Trinajstić information content (AvgIpc) is 2.60. The van der Waals surface area contributed by atoms with Crippen LogP contribution in [0.4, 0.5) is 0 Å². The second-order valence-corrected chi connectivity index (χ2v) is 6.88. The highest BCUT2D eigenvalue weighted by molar-refractivity contribution is 14.1. The lowest BCUT2D eigenvalue weighted by atomic mass is 10.0. The Bertz CT molecular complexity index is 972. The van der Waals surface area contributed by atoms with Crippen molar-refractivity contribution in [3.63, 3.8) is 0 Å². The normalized spacial score (nSPS) is 10.6. The highest BCUT2D eigenvalue weighted by Crippen LogP contribution is 2.19. The molecule has 0 fully saturated rings. The molecule has 0 aliphatic heterocycles. The van der Waals surface area contributed by atoms with Crippen LogP contribution < -0.4 is 5.73 Å². The second kappa shape index (κ2) is 7.20. The molecule has 0 atom stereocenters. The lowest BCUT2D eigenvalue weighted by molar-refractivity contribution is -0.0648. The molecule has 0 aromatic heterocycles. The Morgan fingerprint density at radius 2 is 1.60 bits per heavy atom. The van der Waals surface area contributed by atoms with Crippen molar-refractivity contribution < 1.29 is 14.8 Å². The standard InChI is InChI=1S/C19H15IN2O3/c20-17-3-1-2-12(8-17)11-22(25)19(24)16-7-5-13-9-15(18(21)23)6-4-14(13)10-16/h1-10,25H,11H2,(H2,21,23). The van der Waals surface area contributed by atoms with Crippen LogP contribution in [0.2, 0.25) is 0 Å². The van der Waals surface area contributed by atoms with E-state index in [1.54, 1.807) is 36.4 Å². The molecule has 0 aliphatic rings. The number of nitrogens with two attached hydrogens (primary N) is 1. The fourth-order valence-electron chi connectivity index (χ4n) is 2.56. The number of rotatable bonds is 4. The molecule has 0 bridgehead atoms. The number of primary amides is 1. The van der Waals surface area contributed by atoms with Gasteiger partial charge in [-0.3, -0.25) is 14.8 Å². The minimum Gasteiger partial charge on any atom is -0.366 e. The minimum absolute atomic E-state index is 0.105. The van der Waals surface area contributed by atoms with Crippen LogP contribution in [0.15, 0.2) is 60.7 Å². The first-order chi connectivity index (χ1) is 11.9. The lowest BCUT2D eigenvalue weighted by Crippen LogP contribution is -2.26. The third-order valence-corrected chi connectivity index (χ3v) is 4.50. The first-order valence-corrected chi connectivity index (χ1v) is 8.61. The molecule has 126 valence electrons. The zero-order valence-electron chi connectivity index (χ0n) is 13.1. The third-order valence-electron chi connectivity index (χ3n) is 3.83. The van der Waals surface area contributed by atoms with Gasteiger partial charge in [0, 0.05) is 14.7 Å². The van der Waals surface area contributed by atoms with E-state index < -0.39 is 11.8 Å². The van der Waals surface area contributed by atoms with E-state index in [4.69, 9.17) is 5.73 Å². The quantitative estimate of drug-likeness (QED) is 0.365. The van der Waals surface area contributed by atoms with Crippen LogP contribution in [-0.4, -0.2) is 22.1 Å². The van der Waals surface area contributed by atoms with Crippen molar-refractivity contribution in [3.05, 3.63) is 80.9 Å². The van der Waals surface area contributed by atoms with Gasteiger partial charge in [0.15, 0.2) is 0 Å². The molecule has 25 heavy (non-hydrogen) atoms. The lowest BCUT2D eigenvalue weighted by Gasteiger charge is -2.15. The van der Waals surface area contributed by atoms with Gasteiger partial charge in [-0.25, -0.2) is 5.06 Å². The van der Waals surface area contributed by atoms with E-state index in [-0.39, 0.29) is 6.54 Å². The number of carbonyl (C=O) groups excluding carboxylic acids is 2.